The van der Waals surface area contributed by atoms with Crippen molar-refractivity contribution in [3.63, 3.8) is 0 Å². The molecule has 0 aromatic heterocycles. The van der Waals surface area contributed by atoms with Crippen LogP contribution < -0.4 is 4.72 Å². The van der Waals surface area contributed by atoms with Gasteiger partial charge in [0, 0.05) is 26.7 Å². The van der Waals surface area contributed by atoms with E-state index in [1.165, 1.54) is 11.4 Å². The summed E-state index contributed by atoms with van der Waals surface area (Å²) in [6.07, 6.45) is 0. The summed E-state index contributed by atoms with van der Waals surface area (Å²) in [7, 11) is -1.96. The van der Waals surface area contributed by atoms with E-state index in [1.807, 2.05) is 0 Å². The molecule has 0 saturated carbocycles. The minimum absolute atomic E-state index is 0.110. The Bertz CT molecular complexity index is 230. The Balaban J connectivity index is 4.12. The highest BCUT2D eigenvalue weighted by atomic mass is 32.2. The normalized spacial score (nSPS) is 12.3. The number of nitrogens with one attached hydrogen (secondary N) is 1. The van der Waals surface area contributed by atoms with Crippen LogP contribution in [0.4, 0.5) is 0 Å². The SMILES string of the molecule is CCN(CCO)S(=O)(=O)NCCOC. The van der Waals surface area contributed by atoms with Gasteiger partial charge < -0.3 is 9.84 Å². The van der Waals surface area contributed by atoms with Crippen LogP contribution >= 0.6 is 0 Å². The van der Waals surface area contributed by atoms with Crippen LogP contribution in [0.15, 0.2) is 0 Å². The topological polar surface area (TPSA) is 78.9 Å². The Morgan fingerprint density at radius 1 is 1.50 bits per heavy atom. The molecule has 0 bridgehead atoms. The van der Waals surface area contributed by atoms with E-state index in [0.29, 0.717) is 13.2 Å². The zero-order valence-corrected chi connectivity index (χ0v) is 9.38. The van der Waals surface area contributed by atoms with Crippen molar-refractivity contribution in [1.29, 1.82) is 0 Å². The number of hydrogen-bond donors (Lipinski definition) is 2. The maximum atomic E-state index is 11.5. The summed E-state index contributed by atoms with van der Waals surface area (Å²) in [6.45, 7) is 2.54. The highest BCUT2D eigenvalue weighted by Gasteiger charge is 2.18. The number of aliphatic hydroxyl groups is 1. The molecular formula is C7H18N2O4S. The minimum atomic E-state index is -3.46. The first-order chi connectivity index (χ1) is 6.58. The molecule has 2 N–H and O–H groups in total. The number of nitrogens with zero attached hydrogens (tertiary/aromatic N) is 1. The average molecular weight is 226 g/mol. The van der Waals surface area contributed by atoms with Crippen molar-refractivity contribution in [2.45, 2.75) is 6.92 Å². The second kappa shape index (κ2) is 7.13. The Labute approximate surface area is 85.0 Å². The molecule has 0 fully saturated rings. The fraction of sp³-hybridized carbons (Fsp3) is 1.00. The molecule has 0 spiro atoms. The molecule has 0 saturated heterocycles. The number of aliphatic hydroxyl groups excluding tert-OH is 1. The molecule has 0 unspecified atom stereocenters. The lowest BCUT2D eigenvalue weighted by Gasteiger charge is -2.19. The molecule has 0 aliphatic rings. The molecule has 0 aliphatic heterocycles. The van der Waals surface area contributed by atoms with Crippen LogP contribution in [0.5, 0.6) is 0 Å². The maximum Gasteiger partial charge on any atom is 0.279 e. The first kappa shape index (κ1) is 13.8. The van der Waals surface area contributed by atoms with Crippen LogP contribution in [0.25, 0.3) is 0 Å². The van der Waals surface area contributed by atoms with Gasteiger partial charge >= 0.3 is 0 Å². The lowest BCUT2D eigenvalue weighted by Crippen LogP contribution is -2.43. The fourth-order valence-corrected chi connectivity index (χ4v) is 2.11. The van der Waals surface area contributed by atoms with E-state index in [9.17, 15) is 8.42 Å². The summed E-state index contributed by atoms with van der Waals surface area (Å²) in [4.78, 5) is 0. The molecule has 0 heterocycles. The Morgan fingerprint density at radius 3 is 2.57 bits per heavy atom. The van der Waals surface area contributed by atoms with Gasteiger partial charge in [-0.1, -0.05) is 6.92 Å². The predicted octanol–water partition coefficient (Wildman–Crippen LogP) is -1.22. The van der Waals surface area contributed by atoms with E-state index >= 15 is 0 Å². The zero-order chi connectivity index (χ0) is 11.0. The molecule has 6 nitrogen and oxygen atoms in total. The van der Waals surface area contributed by atoms with Gasteiger partial charge in [0.2, 0.25) is 0 Å². The summed E-state index contributed by atoms with van der Waals surface area (Å²) < 4.78 is 31.2. The molecule has 0 aromatic carbocycles. The Hall–Kier alpha value is -0.210. The van der Waals surface area contributed by atoms with Crippen LogP contribution in [0.2, 0.25) is 0 Å². The van der Waals surface area contributed by atoms with Crippen molar-refractivity contribution < 1.29 is 18.3 Å². The van der Waals surface area contributed by atoms with E-state index in [4.69, 9.17) is 9.84 Å². The molecule has 7 heteroatoms. The zero-order valence-electron chi connectivity index (χ0n) is 8.56. The van der Waals surface area contributed by atoms with E-state index < -0.39 is 10.2 Å². The Morgan fingerprint density at radius 2 is 2.14 bits per heavy atom. The standard InChI is InChI=1S/C7H18N2O4S/c1-3-9(5-6-10)14(11,12)8-4-7-13-2/h8,10H,3-7H2,1-2H3. The Kier molecular flexibility index (Phi) is 7.02. The highest BCUT2D eigenvalue weighted by Crippen LogP contribution is 1.95. The maximum absolute atomic E-state index is 11.5. The minimum Gasteiger partial charge on any atom is -0.395 e. The van der Waals surface area contributed by atoms with Gasteiger partial charge in [-0.2, -0.15) is 17.4 Å². The monoisotopic (exact) mass is 226 g/mol. The van der Waals surface area contributed by atoms with E-state index in [0.717, 1.165) is 0 Å². The molecule has 0 radical (unpaired) electrons. The molecule has 0 amide bonds. The third-order valence-electron chi connectivity index (χ3n) is 1.63. The van der Waals surface area contributed by atoms with Crippen molar-refractivity contribution in [2.75, 3.05) is 40.0 Å². The van der Waals surface area contributed by atoms with Gasteiger partial charge in [-0.15, -0.1) is 0 Å². The summed E-state index contributed by atoms with van der Waals surface area (Å²) in [6, 6.07) is 0. The molecule has 0 rings (SSSR count). The van der Waals surface area contributed by atoms with Gasteiger partial charge in [0.25, 0.3) is 10.2 Å². The van der Waals surface area contributed by atoms with Crippen LogP contribution in [-0.2, 0) is 14.9 Å². The van der Waals surface area contributed by atoms with Gasteiger partial charge in [-0.3, -0.25) is 0 Å². The number of ether oxygens (including phenoxy) is 1. The predicted molar refractivity (Wildman–Crippen MR) is 53.1 cm³/mol. The first-order valence-corrected chi connectivity index (χ1v) is 5.87. The van der Waals surface area contributed by atoms with Crippen molar-refractivity contribution in [3.05, 3.63) is 0 Å². The molecular weight excluding hydrogens is 208 g/mol. The molecule has 14 heavy (non-hydrogen) atoms. The fourth-order valence-electron chi connectivity index (χ4n) is 0.924. The number of methoxy groups -OCH3 is 1. The number of rotatable bonds is 8. The first-order valence-electron chi connectivity index (χ1n) is 4.43. The number of hydrogen-bond acceptors (Lipinski definition) is 4. The lowest BCUT2D eigenvalue weighted by atomic mass is 10.6. The summed E-state index contributed by atoms with van der Waals surface area (Å²) >= 11 is 0. The summed E-state index contributed by atoms with van der Waals surface area (Å²) in [5.41, 5.74) is 0. The molecule has 86 valence electrons. The van der Waals surface area contributed by atoms with Crippen molar-refractivity contribution >= 4 is 10.2 Å². The van der Waals surface area contributed by atoms with Crippen LogP contribution in [-0.4, -0.2) is 57.8 Å². The largest absolute Gasteiger partial charge is 0.395 e. The van der Waals surface area contributed by atoms with Gasteiger partial charge in [-0.25, -0.2) is 0 Å². The smallest absolute Gasteiger partial charge is 0.279 e. The summed E-state index contributed by atoms with van der Waals surface area (Å²) in [5.74, 6) is 0. The van der Waals surface area contributed by atoms with Gasteiger partial charge in [0.15, 0.2) is 0 Å². The van der Waals surface area contributed by atoms with Crippen LogP contribution in [0, 0.1) is 0 Å². The van der Waals surface area contributed by atoms with E-state index in [-0.39, 0.29) is 19.7 Å². The van der Waals surface area contributed by atoms with Gasteiger partial charge in [0.1, 0.15) is 0 Å². The molecule has 0 aliphatic carbocycles. The lowest BCUT2D eigenvalue weighted by molar-refractivity contribution is 0.203. The van der Waals surface area contributed by atoms with E-state index in [1.54, 1.807) is 6.92 Å². The highest BCUT2D eigenvalue weighted by molar-refractivity contribution is 7.87. The second-order valence-electron chi connectivity index (χ2n) is 2.61. The van der Waals surface area contributed by atoms with Crippen LogP contribution in [0.3, 0.4) is 0 Å². The molecule has 0 atom stereocenters. The van der Waals surface area contributed by atoms with Crippen molar-refractivity contribution in [1.82, 2.24) is 9.03 Å². The third kappa shape index (κ3) is 4.87. The van der Waals surface area contributed by atoms with E-state index in [2.05, 4.69) is 4.72 Å². The molecule has 0 aromatic rings. The average Bonchev–Trinajstić information content (AvgIpc) is 2.14. The van der Waals surface area contributed by atoms with Gasteiger partial charge in [0.05, 0.1) is 13.2 Å². The second-order valence-corrected chi connectivity index (χ2v) is 4.36. The van der Waals surface area contributed by atoms with Crippen molar-refractivity contribution in [2.24, 2.45) is 0 Å². The quantitative estimate of drug-likeness (QED) is 0.509. The third-order valence-corrected chi connectivity index (χ3v) is 3.32. The van der Waals surface area contributed by atoms with Crippen LogP contribution in [0.1, 0.15) is 6.92 Å². The van der Waals surface area contributed by atoms with Crippen molar-refractivity contribution in [3.8, 4) is 0 Å². The number of likely N-dealkylation sites (N-methyl/N-ethyl adjacent to an activating group) is 1. The van der Waals surface area contributed by atoms with Gasteiger partial charge in [-0.05, 0) is 0 Å². The summed E-state index contributed by atoms with van der Waals surface area (Å²) in [5, 5.41) is 8.64.